The summed E-state index contributed by atoms with van der Waals surface area (Å²) >= 11 is 0. The number of hydrogen-bond acceptors (Lipinski definition) is 6. The van der Waals surface area contributed by atoms with E-state index in [1.165, 1.54) is 17.4 Å². The molecule has 3 aliphatic rings. The number of Topliss-reactive ketones (excluding diaryl/α,β-unsaturated/α-hetero) is 1. The van der Waals surface area contributed by atoms with Crippen LogP contribution in [0.25, 0.3) is 0 Å². The molecule has 2 heterocycles. The Bertz CT molecular complexity index is 1080. The molecule has 44 heavy (non-hydrogen) atoms. The molecule has 2 aliphatic heterocycles. The highest BCUT2D eigenvalue weighted by Gasteiger charge is 2.44. The average molecular weight is 617 g/mol. The number of ketones is 1. The highest BCUT2D eigenvalue weighted by atomic mass is 16.2. The number of piperidine rings is 1. The van der Waals surface area contributed by atoms with E-state index in [9.17, 15) is 28.8 Å². The van der Waals surface area contributed by atoms with Crippen molar-refractivity contribution in [3.63, 3.8) is 0 Å². The summed E-state index contributed by atoms with van der Waals surface area (Å²) in [7, 11) is 0. The summed E-state index contributed by atoms with van der Waals surface area (Å²) in [6.07, 6.45) is 9.52. The number of amides is 6. The second kappa shape index (κ2) is 16.0. The molecule has 3 fully saturated rings. The summed E-state index contributed by atoms with van der Waals surface area (Å²) in [5.74, 6) is -2.13. The maximum atomic E-state index is 14.0. The van der Waals surface area contributed by atoms with Crippen LogP contribution in [0.2, 0.25) is 0 Å². The van der Waals surface area contributed by atoms with Crippen LogP contribution in [0.15, 0.2) is 12.7 Å². The van der Waals surface area contributed by atoms with Crippen molar-refractivity contribution < 1.29 is 28.8 Å². The number of likely N-dealkylation sites (tertiary alicyclic amines) is 2. The van der Waals surface area contributed by atoms with Gasteiger partial charge >= 0.3 is 6.03 Å². The predicted octanol–water partition coefficient (Wildman–Crippen LogP) is 1.89. The number of hydrogen-bond donors (Lipinski definition) is 4. The fourth-order valence-electron chi connectivity index (χ4n) is 6.46. The van der Waals surface area contributed by atoms with Crippen molar-refractivity contribution in [2.24, 2.45) is 17.3 Å². The molecule has 0 unspecified atom stereocenters. The lowest BCUT2D eigenvalue weighted by atomic mass is 9.83. The third kappa shape index (κ3) is 9.79. The quantitative estimate of drug-likeness (QED) is 0.194. The minimum Gasteiger partial charge on any atom is -0.347 e. The fourth-order valence-corrected chi connectivity index (χ4v) is 6.46. The number of carbonyl (C=O) groups excluding carboxylic acids is 6. The Morgan fingerprint density at radius 2 is 1.70 bits per heavy atom. The zero-order valence-corrected chi connectivity index (χ0v) is 26.9. The SMILES string of the molecule is C=CCNC(=O)C(=O)CNC(=O)[C@@H]1C[C@@H](C)CN1C(=O)[C@@H](NC(=O)N[C@H](CN1CCCCC1=O)C1CCCCC1)C(C)(C)C. The summed E-state index contributed by atoms with van der Waals surface area (Å²) in [4.78, 5) is 80.6. The van der Waals surface area contributed by atoms with E-state index in [0.29, 0.717) is 32.5 Å². The van der Waals surface area contributed by atoms with Gasteiger partial charge in [0.25, 0.3) is 5.91 Å². The summed E-state index contributed by atoms with van der Waals surface area (Å²) < 4.78 is 0. The van der Waals surface area contributed by atoms with Crippen LogP contribution in [0.3, 0.4) is 0 Å². The summed E-state index contributed by atoms with van der Waals surface area (Å²) in [5, 5.41) is 10.9. The Balaban J connectivity index is 1.69. The first-order chi connectivity index (χ1) is 20.8. The van der Waals surface area contributed by atoms with Gasteiger partial charge in [0.05, 0.1) is 12.6 Å². The van der Waals surface area contributed by atoms with Crippen LogP contribution in [0.4, 0.5) is 4.79 Å². The highest BCUT2D eigenvalue weighted by molar-refractivity contribution is 6.37. The molecule has 4 atom stereocenters. The van der Waals surface area contributed by atoms with Crippen LogP contribution in [0.5, 0.6) is 0 Å². The van der Waals surface area contributed by atoms with Gasteiger partial charge in [-0.2, -0.15) is 0 Å². The Labute approximate surface area is 261 Å². The third-order valence-corrected chi connectivity index (χ3v) is 8.94. The van der Waals surface area contributed by atoms with Gasteiger partial charge < -0.3 is 31.1 Å². The van der Waals surface area contributed by atoms with Crippen molar-refractivity contribution >= 4 is 35.4 Å². The van der Waals surface area contributed by atoms with Crippen LogP contribution in [-0.4, -0.2) is 96.1 Å². The van der Waals surface area contributed by atoms with Gasteiger partial charge in [-0.05, 0) is 49.4 Å². The molecular formula is C32H52N6O6. The summed E-state index contributed by atoms with van der Waals surface area (Å²) in [5.41, 5.74) is -0.677. The molecule has 1 saturated carbocycles. The minimum absolute atomic E-state index is 0.0218. The maximum absolute atomic E-state index is 14.0. The van der Waals surface area contributed by atoms with Gasteiger partial charge in [-0.1, -0.05) is 53.0 Å². The van der Waals surface area contributed by atoms with Gasteiger partial charge in [-0.25, -0.2) is 4.79 Å². The molecule has 246 valence electrons. The molecule has 0 aromatic carbocycles. The molecule has 0 aromatic rings. The lowest BCUT2D eigenvalue weighted by Gasteiger charge is -2.38. The zero-order valence-electron chi connectivity index (χ0n) is 26.9. The van der Waals surface area contributed by atoms with E-state index in [2.05, 4.69) is 27.8 Å². The zero-order chi connectivity index (χ0) is 32.4. The highest BCUT2D eigenvalue weighted by Crippen LogP contribution is 2.30. The molecule has 2 saturated heterocycles. The third-order valence-electron chi connectivity index (χ3n) is 8.94. The van der Waals surface area contributed by atoms with Crippen molar-refractivity contribution in [2.75, 3.05) is 32.7 Å². The van der Waals surface area contributed by atoms with Gasteiger partial charge in [0.1, 0.15) is 12.1 Å². The molecular weight excluding hydrogens is 564 g/mol. The van der Waals surface area contributed by atoms with E-state index in [4.69, 9.17) is 0 Å². The topological polar surface area (TPSA) is 157 Å². The molecule has 0 bridgehead atoms. The van der Waals surface area contributed by atoms with Crippen molar-refractivity contribution in [3.05, 3.63) is 12.7 Å². The molecule has 12 nitrogen and oxygen atoms in total. The van der Waals surface area contributed by atoms with Crippen LogP contribution in [0.1, 0.15) is 85.5 Å². The number of nitrogens with zero attached hydrogens (tertiary/aromatic N) is 2. The molecule has 0 spiro atoms. The molecule has 0 radical (unpaired) electrons. The monoisotopic (exact) mass is 616 g/mol. The molecule has 3 rings (SSSR count). The molecule has 12 heteroatoms. The van der Waals surface area contributed by atoms with Gasteiger partial charge in [-0.15, -0.1) is 6.58 Å². The van der Waals surface area contributed by atoms with E-state index in [1.807, 2.05) is 32.6 Å². The van der Waals surface area contributed by atoms with Crippen LogP contribution < -0.4 is 21.3 Å². The average Bonchev–Trinajstić information content (AvgIpc) is 3.39. The molecule has 1 aliphatic carbocycles. The van der Waals surface area contributed by atoms with E-state index in [1.54, 1.807) is 0 Å². The molecule has 4 N–H and O–H groups in total. The molecule has 0 aromatic heterocycles. The first kappa shape index (κ1) is 35.0. The van der Waals surface area contributed by atoms with Gasteiger partial charge in [0.2, 0.25) is 23.5 Å². The van der Waals surface area contributed by atoms with Crippen molar-refractivity contribution in [3.8, 4) is 0 Å². The Hall–Kier alpha value is -3.44. The van der Waals surface area contributed by atoms with Gasteiger partial charge in [0.15, 0.2) is 0 Å². The standard InChI is InChI=1S/C32H52N6O6/c1-6-15-33-29(42)25(39)18-34-28(41)24-17-21(2)19-38(24)30(43)27(32(3,4)5)36-31(44)35-23(22-12-8-7-9-13-22)20-37-16-11-10-14-26(37)40/h6,21-24,27H,1,7-20H2,2-5H3,(H,33,42)(H,34,41)(H2,35,36,44)/t21-,23-,24+,27-/m1/s1. The van der Waals surface area contributed by atoms with Gasteiger partial charge in [-0.3, -0.25) is 24.0 Å². The summed E-state index contributed by atoms with van der Waals surface area (Å²) in [6, 6.07) is -2.46. The maximum Gasteiger partial charge on any atom is 0.315 e. The van der Waals surface area contributed by atoms with E-state index >= 15 is 0 Å². The van der Waals surface area contributed by atoms with E-state index in [-0.39, 0.29) is 36.2 Å². The predicted molar refractivity (Wildman–Crippen MR) is 166 cm³/mol. The number of urea groups is 1. The first-order valence-corrected chi connectivity index (χ1v) is 16.2. The minimum atomic E-state index is -0.932. The lowest BCUT2D eigenvalue weighted by molar-refractivity contribution is -0.142. The Kier molecular flexibility index (Phi) is 12.8. The van der Waals surface area contributed by atoms with Crippen LogP contribution in [-0.2, 0) is 24.0 Å². The molecule has 6 amide bonds. The lowest BCUT2D eigenvalue weighted by Crippen LogP contribution is -2.61. The number of rotatable bonds is 12. The largest absolute Gasteiger partial charge is 0.347 e. The Morgan fingerprint density at radius 3 is 2.34 bits per heavy atom. The van der Waals surface area contributed by atoms with Crippen LogP contribution in [0, 0.1) is 17.3 Å². The summed E-state index contributed by atoms with van der Waals surface area (Å²) in [6.45, 7) is 12.1. The van der Waals surface area contributed by atoms with Crippen molar-refractivity contribution in [2.45, 2.75) is 104 Å². The van der Waals surface area contributed by atoms with E-state index in [0.717, 1.165) is 38.5 Å². The Morgan fingerprint density at radius 1 is 1.00 bits per heavy atom. The normalized spacial score (nSPS) is 22.5. The van der Waals surface area contributed by atoms with E-state index < -0.39 is 47.7 Å². The van der Waals surface area contributed by atoms with Crippen LogP contribution >= 0.6 is 0 Å². The fraction of sp³-hybridized carbons (Fsp3) is 0.750. The number of nitrogens with one attached hydrogen (secondary N) is 4. The first-order valence-electron chi connectivity index (χ1n) is 16.2. The second-order valence-electron chi connectivity index (χ2n) is 13.7. The number of carbonyl (C=O) groups is 6. The van der Waals surface area contributed by atoms with Crippen molar-refractivity contribution in [1.29, 1.82) is 0 Å². The van der Waals surface area contributed by atoms with Crippen molar-refractivity contribution in [1.82, 2.24) is 31.1 Å². The smallest absolute Gasteiger partial charge is 0.315 e. The second-order valence-corrected chi connectivity index (χ2v) is 13.7. The van der Waals surface area contributed by atoms with Gasteiger partial charge in [0, 0.05) is 32.6 Å².